The van der Waals surface area contributed by atoms with Gasteiger partial charge in [0.2, 0.25) is 11.8 Å². The average Bonchev–Trinajstić information content (AvgIpc) is 2.53. The minimum atomic E-state index is -1.68. The Morgan fingerprint density at radius 2 is 1.75 bits per heavy atom. The highest BCUT2D eigenvalue weighted by molar-refractivity contribution is 6.42. The molecule has 132 valence electrons. The van der Waals surface area contributed by atoms with Gasteiger partial charge in [-0.3, -0.25) is 9.59 Å². The van der Waals surface area contributed by atoms with Crippen LogP contribution in [0.1, 0.15) is 38.7 Å². The third kappa shape index (κ3) is 5.39. The number of rotatable bonds is 8. The number of nitrogens with one attached hydrogen (secondary N) is 2. The van der Waals surface area contributed by atoms with E-state index in [1.165, 1.54) is 25.1 Å². The number of carboxylic acids is 1. The van der Waals surface area contributed by atoms with E-state index >= 15 is 0 Å². The highest BCUT2D eigenvalue weighted by atomic mass is 35.5. The Labute approximate surface area is 150 Å². The van der Waals surface area contributed by atoms with E-state index in [9.17, 15) is 19.5 Å². The maximum atomic E-state index is 12.1. The van der Waals surface area contributed by atoms with Gasteiger partial charge in [-0.1, -0.05) is 36.2 Å². The Hall–Kier alpha value is -1.79. The van der Waals surface area contributed by atoms with E-state index in [1.807, 2.05) is 6.92 Å². The van der Waals surface area contributed by atoms with Gasteiger partial charge in [0.1, 0.15) is 0 Å². The van der Waals surface area contributed by atoms with Crippen LogP contribution in [0.15, 0.2) is 18.2 Å². The van der Waals surface area contributed by atoms with Crippen molar-refractivity contribution < 1.29 is 19.5 Å². The first-order valence-corrected chi connectivity index (χ1v) is 8.23. The molecule has 0 spiro atoms. The summed E-state index contributed by atoms with van der Waals surface area (Å²) in [6, 6.07) is 4.34. The van der Waals surface area contributed by atoms with E-state index in [-0.39, 0.29) is 34.4 Å². The lowest BCUT2D eigenvalue weighted by molar-refractivity contribution is -0.147. The summed E-state index contributed by atoms with van der Waals surface area (Å²) in [5.74, 6) is -2.04. The van der Waals surface area contributed by atoms with Gasteiger partial charge in [-0.25, -0.2) is 4.79 Å². The molecule has 1 rings (SSSR count). The van der Waals surface area contributed by atoms with Crippen LogP contribution in [0.2, 0.25) is 10.0 Å². The van der Waals surface area contributed by atoms with Crippen LogP contribution in [0.25, 0.3) is 0 Å². The van der Waals surface area contributed by atoms with Gasteiger partial charge in [0.15, 0.2) is 5.54 Å². The van der Waals surface area contributed by atoms with E-state index in [0.717, 1.165) is 6.42 Å². The van der Waals surface area contributed by atoms with Gasteiger partial charge < -0.3 is 15.7 Å². The molecule has 0 heterocycles. The molecule has 1 aromatic carbocycles. The third-order valence-corrected chi connectivity index (χ3v) is 4.20. The van der Waals surface area contributed by atoms with Crippen LogP contribution in [0.3, 0.4) is 0 Å². The summed E-state index contributed by atoms with van der Waals surface area (Å²) >= 11 is 11.8. The number of carboxylic acid groups (broad SMARTS) is 1. The molecule has 0 fully saturated rings. The predicted octanol–water partition coefficient (Wildman–Crippen LogP) is 2.72. The molecular formula is C16H20Cl2N2O4. The summed E-state index contributed by atoms with van der Waals surface area (Å²) in [5, 5.41) is 15.1. The van der Waals surface area contributed by atoms with Crippen LogP contribution in [-0.4, -0.2) is 29.4 Å². The second-order valence-corrected chi connectivity index (χ2v) is 6.27. The maximum absolute atomic E-state index is 12.1. The molecule has 1 aromatic rings. The zero-order valence-electron chi connectivity index (χ0n) is 13.5. The quantitative estimate of drug-likeness (QED) is 0.651. The molecule has 0 radical (unpaired) electrons. The Kier molecular flexibility index (Phi) is 7.51. The minimum Gasteiger partial charge on any atom is -0.479 e. The predicted molar refractivity (Wildman–Crippen MR) is 92.1 cm³/mol. The van der Waals surface area contributed by atoms with Crippen molar-refractivity contribution >= 4 is 41.0 Å². The van der Waals surface area contributed by atoms with Crippen molar-refractivity contribution in [2.75, 3.05) is 6.54 Å². The number of hydrogen-bond acceptors (Lipinski definition) is 3. The topological polar surface area (TPSA) is 95.5 Å². The number of carbonyl (C=O) groups is 3. The van der Waals surface area contributed by atoms with Gasteiger partial charge >= 0.3 is 5.97 Å². The number of aliphatic carboxylic acids is 1. The number of carbonyl (C=O) groups excluding carboxylic acids is 2. The highest BCUT2D eigenvalue weighted by Gasteiger charge is 2.37. The standard InChI is InChI=1S/C16H20Cl2N2O4/c1-3-8-19-13(21)6-7-14(22)20-16(2,15(23)24)10-4-5-11(17)12(18)9-10/h4-5,9H,3,6-8H2,1-2H3,(H,19,21)(H,20,22)(H,23,24). The lowest BCUT2D eigenvalue weighted by Gasteiger charge is -2.27. The van der Waals surface area contributed by atoms with Gasteiger partial charge in [0, 0.05) is 19.4 Å². The number of amides is 2. The minimum absolute atomic E-state index is 0.0110. The summed E-state index contributed by atoms with van der Waals surface area (Å²) in [6.07, 6.45) is 0.676. The van der Waals surface area contributed by atoms with Crippen LogP contribution in [0.5, 0.6) is 0 Å². The van der Waals surface area contributed by atoms with Crippen molar-refractivity contribution in [3.8, 4) is 0 Å². The van der Waals surface area contributed by atoms with E-state index in [0.29, 0.717) is 6.54 Å². The van der Waals surface area contributed by atoms with Gasteiger partial charge in [-0.2, -0.15) is 0 Å². The number of halogens is 2. The molecule has 0 aromatic heterocycles. The molecule has 0 aliphatic heterocycles. The van der Waals surface area contributed by atoms with E-state index in [2.05, 4.69) is 10.6 Å². The molecule has 2 amide bonds. The monoisotopic (exact) mass is 374 g/mol. The normalized spacial score (nSPS) is 13.0. The largest absolute Gasteiger partial charge is 0.479 e. The molecule has 24 heavy (non-hydrogen) atoms. The van der Waals surface area contributed by atoms with E-state index in [4.69, 9.17) is 23.2 Å². The molecule has 0 aliphatic carbocycles. The zero-order chi connectivity index (χ0) is 18.3. The number of hydrogen-bond donors (Lipinski definition) is 3. The van der Waals surface area contributed by atoms with Crippen molar-refractivity contribution in [3.05, 3.63) is 33.8 Å². The second kappa shape index (κ2) is 8.89. The smallest absolute Gasteiger partial charge is 0.333 e. The molecule has 1 atom stereocenters. The Balaban J connectivity index is 2.81. The Morgan fingerprint density at radius 3 is 2.29 bits per heavy atom. The number of benzene rings is 1. The average molecular weight is 375 g/mol. The van der Waals surface area contributed by atoms with Crippen LogP contribution in [-0.2, 0) is 19.9 Å². The Morgan fingerprint density at radius 1 is 1.12 bits per heavy atom. The van der Waals surface area contributed by atoms with Crippen LogP contribution >= 0.6 is 23.2 Å². The lowest BCUT2D eigenvalue weighted by Crippen LogP contribution is -2.49. The summed E-state index contributed by atoms with van der Waals surface area (Å²) in [6.45, 7) is 3.81. The summed E-state index contributed by atoms with van der Waals surface area (Å²) in [7, 11) is 0. The van der Waals surface area contributed by atoms with Gasteiger partial charge in [-0.05, 0) is 31.0 Å². The first kappa shape index (κ1) is 20.3. The molecule has 3 N–H and O–H groups in total. The Bertz CT molecular complexity index is 637. The van der Waals surface area contributed by atoms with Crippen LogP contribution in [0.4, 0.5) is 0 Å². The fraction of sp³-hybridized carbons (Fsp3) is 0.438. The molecule has 1 unspecified atom stereocenters. The van der Waals surface area contributed by atoms with Crippen molar-refractivity contribution in [1.82, 2.24) is 10.6 Å². The molecular weight excluding hydrogens is 355 g/mol. The molecule has 0 bridgehead atoms. The highest BCUT2D eigenvalue weighted by Crippen LogP contribution is 2.29. The van der Waals surface area contributed by atoms with Gasteiger partial charge in [-0.15, -0.1) is 0 Å². The SMILES string of the molecule is CCCNC(=O)CCC(=O)NC(C)(C(=O)O)c1ccc(Cl)c(Cl)c1. The first-order chi connectivity index (χ1) is 11.2. The molecule has 8 heteroatoms. The van der Waals surface area contributed by atoms with Crippen LogP contribution < -0.4 is 10.6 Å². The summed E-state index contributed by atoms with van der Waals surface area (Å²) in [5.41, 5.74) is -1.39. The van der Waals surface area contributed by atoms with Gasteiger partial charge in [0.25, 0.3) is 0 Å². The van der Waals surface area contributed by atoms with Crippen molar-refractivity contribution in [1.29, 1.82) is 0 Å². The van der Waals surface area contributed by atoms with E-state index in [1.54, 1.807) is 0 Å². The maximum Gasteiger partial charge on any atom is 0.333 e. The van der Waals surface area contributed by atoms with Crippen molar-refractivity contribution in [2.45, 2.75) is 38.6 Å². The summed E-state index contributed by atoms with van der Waals surface area (Å²) < 4.78 is 0. The van der Waals surface area contributed by atoms with Gasteiger partial charge in [0.05, 0.1) is 10.0 Å². The summed E-state index contributed by atoms with van der Waals surface area (Å²) in [4.78, 5) is 35.2. The zero-order valence-corrected chi connectivity index (χ0v) is 15.0. The second-order valence-electron chi connectivity index (χ2n) is 5.46. The molecule has 0 aliphatic rings. The fourth-order valence-electron chi connectivity index (χ4n) is 1.98. The first-order valence-electron chi connectivity index (χ1n) is 7.47. The molecule has 0 saturated heterocycles. The van der Waals surface area contributed by atoms with Crippen LogP contribution in [0, 0.1) is 0 Å². The molecule has 6 nitrogen and oxygen atoms in total. The van der Waals surface area contributed by atoms with Crippen molar-refractivity contribution in [2.24, 2.45) is 0 Å². The van der Waals surface area contributed by atoms with E-state index < -0.39 is 17.4 Å². The molecule has 0 saturated carbocycles. The van der Waals surface area contributed by atoms with Crippen molar-refractivity contribution in [3.63, 3.8) is 0 Å². The third-order valence-electron chi connectivity index (χ3n) is 3.47. The lowest BCUT2D eigenvalue weighted by atomic mass is 9.91. The fourth-order valence-corrected chi connectivity index (χ4v) is 2.28.